The number of benzene rings is 1. The lowest BCUT2D eigenvalue weighted by Crippen LogP contribution is -2.40. The fourth-order valence-corrected chi connectivity index (χ4v) is 4.63. The fraction of sp³-hybridized carbons (Fsp3) is 0.273. The van der Waals surface area contributed by atoms with E-state index in [9.17, 15) is 0 Å². The maximum absolute atomic E-state index is 6.10. The van der Waals surface area contributed by atoms with E-state index in [1.807, 2.05) is 24.3 Å². The molecule has 6 rings (SSSR count). The molecule has 2 aliphatic rings. The molecule has 2 aliphatic heterocycles. The van der Waals surface area contributed by atoms with Gasteiger partial charge in [-0.1, -0.05) is 18.2 Å². The summed E-state index contributed by atoms with van der Waals surface area (Å²) in [5.74, 6) is 2.03. The average Bonchev–Trinajstić information content (AvgIpc) is 3.33. The zero-order valence-corrected chi connectivity index (χ0v) is 16.0. The molecule has 0 amide bonds. The quantitative estimate of drug-likeness (QED) is 0.527. The first-order valence-corrected chi connectivity index (χ1v) is 9.76. The van der Waals surface area contributed by atoms with Gasteiger partial charge < -0.3 is 9.47 Å². The van der Waals surface area contributed by atoms with E-state index in [1.165, 1.54) is 5.56 Å². The van der Waals surface area contributed by atoms with Crippen LogP contribution in [0, 0.1) is 0 Å². The Morgan fingerprint density at radius 1 is 1.07 bits per heavy atom. The van der Waals surface area contributed by atoms with Crippen molar-refractivity contribution in [1.82, 2.24) is 24.5 Å². The summed E-state index contributed by atoms with van der Waals surface area (Å²) < 4.78 is 13.5. The summed E-state index contributed by atoms with van der Waals surface area (Å²) in [6.45, 7) is 0.613. The van der Waals surface area contributed by atoms with Crippen LogP contribution in [-0.2, 0) is 12.0 Å². The number of aryl methyl sites for hydroxylation is 1. The third-order valence-electron chi connectivity index (χ3n) is 5.95. The minimum absolute atomic E-state index is 0.249. The first kappa shape index (κ1) is 16.5. The van der Waals surface area contributed by atoms with Gasteiger partial charge in [-0.3, -0.25) is 4.57 Å². The third kappa shape index (κ3) is 2.30. The van der Waals surface area contributed by atoms with Gasteiger partial charge in [0.25, 0.3) is 0 Å². The maximum atomic E-state index is 6.10. The highest BCUT2D eigenvalue weighted by Crippen LogP contribution is 2.47. The van der Waals surface area contributed by atoms with E-state index >= 15 is 0 Å². The second-order valence-electron chi connectivity index (χ2n) is 7.53. The minimum Gasteiger partial charge on any atom is -0.490 e. The predicted molar refractivity (Wildman–Crippen MR) is 107 cm³/mol. The Morgan fingerprint density at radius 3 is 2.79 bits per heavy atom. The Labute approximate surface area is 167 Å². The monoisotopic (exact) mass is 385 g/mol. The molecule has 7 nitrogen and oxygen atoms in total. The highest BCUT2D eigenvalue weighted by Gasteiger charge is 2.46. The number of rotatable bonds is 2. The van der Waals surface area contributed by atoms with E-state index < -0.39 is 0 Å². The number of imidazole rings is 1. The van der Waals surface area contributed by atoms with Crippen molar-refractivity contribution in [1.29, 1.82) is 0 Å². The van der Waals surface area contributed by atoms with Gasteiger partial charge in [0.2, 0.25) is 0 Å². The van der Waals surface area contributed by atoms with E-state index in [4.69, 9.17) is 19.4 Å². The van der Waals surface area contributed by atoms with Gasteiger partial charge in [0.15, 0.2) is 5.65 Å². The Morgan fingerprint density at radius 2 is 1.93 bits per heavy atom. The zero-order chi connectivity index (χ0) is 19.4. The van der Waals surface area contributed by atoms with Gasteiger partial charge in [0.05, 0.1) is 12.8 Å². The molecule has 0 saturated carbocycles. The maximum Gasteiger partial charge on any atom is 0.316 e. The molecule has 5 heterocycles. The van der Waals surface area contributed by atoms with Crippen molar-refractivity contribution in [3.63, 3.8) is 0 Å². The first-order valence-electron chi connectivity index (χ1n) is 9.76. The molecule has 1 unspecified atom stereocenters. The van der Waals surface area contributed by atoms with Crippen molar-refractivity contribution in [3.05, 3.63) is 60.2 Å². The summed E-state index contributed by atoms with van der Waals surface area (Å²) in [6.07, 6.45) is 6.51. The van der Waals surface area contributed by atoms with Crippen LogP contribution in [0.1, 0.15) is 24.2 Å². The molecule has 0 N–H and O–H groups in total. The van der Waals surface area contributed by atoms with Crippen molar-refractivity contribution in [3.8, 4) is 23.0 Å². The molecule has 0 radical (unpaired) electrons. The van der Waals surface area contributed by atoms with Crippen molar-refractivity contribution in [2.75, 3.05) is 13.7 Å². The Balaban J connectivity index is 1.56. The Bertz CT molecular complexity index is 1230. The van der Waals surface area contributed by atoms with Gasteiger partial charge in [0.1, 0.15) is 29.2 Å². The third-order valence-corrected chi connectivity index (χ3v) is 5.95. The number of fused-ring (bicyclic) bond motifs is 6. The van der Waals surface area contributed by atoms with Gasteiger partial charge in [-0.05, 0) is 31.0 Å². The number of methoxy groups -OCH3 is 1. The standard InChI is InChI=1S/C22H19N5O2/c1-28-21-23-11-14(12-24-21)16-8-9-17-20(26-16)27-19(25-17)7-4-10-22(27)13-29-18-6-3-2-5-15(18)22/h2-3,5-6,8-9,11-12H,4,7,10,13H2,1H3. The number of nitrogens with zero attached hydrogens (tertiary/aromatic N) is 5. The molecule has 0 fully saturated rings. The molecule has 0 bridgehead atoms. The van der Waals surface area contributed by atoms with Gasteiger partial charge in [-0.15, -0.1) is 0 Å². The molecule has 0 saturated heterocycles. The summed E-state index contributed by atoms with van der Waals surface area (Å²) in [7, 11) is 1.55. The average molecular weight is 385 g/mol. The summed E-state index contributed by atoms with van der Waals surface area (Å²) in [6, 6.07) is 12.7. The van der Waals surface area contributed by atoms with Crippen molar-refractivity contribution in [2.24, 2.45) is 0 Å². The lowest BCUT2D eigenvalue weighted by molar-refractivity contribution is 0.205. The normalized spacial score (nSPS) is 19.8. The molecule has 0 aliphatic carbocycles. The molecule has 144 valence electrons. The fourth-order valence-electron chi connectivity index (χ4n) is 4.63. The van der Waals surface area contributed by atoms with Crippen LogP contribution in [0.15, 0.2) is 48.8 Å². The van der Waals surface area contributed by atoms with Crippen LogP contribution in [0.2, 0.25) is 0 Å². The molecular formula is C22H19N5O2. The summed E-state index contributed by atoms with van der Waals surface area (Å²) in [4.78, 5) is 18.3. The number of ether oxygens (including phenoxy) is 2. The number of para-hydroxylation sites is 1. The van der Waals surface area contributed by atoms with E-state index in [-0.39, 0.29) is 5.54 Å². The molecule has 3 aromatic heterocycles. The molecule has 1 spiro atoms. The van der Waals surface area contributed by atoms with Crippen molar-refractivity contribution >= 4 is 11.2 Å². The minimum atomic E-state index is -0.249. The highest BCUT2D eigenvalue weighted by molar-refractivity contribution is 5.77. The smallest absolute Gasteiger partial charge is 0.316 e. The van der Waals surface area contributed by atoms with E-state index in [2.05, 4.69) is 26.7 Å². The van der Waals surface area contributed by atoms with Crippen LogP contribution in [0.4, 0.5) is 0 Å². The molecular weight excluding hydrogens is 366 g/mol. The molecule has 1 atom stereocenters. The van der Waals surface area contributed by atoms with Gasteiger partial charge in [0, 0.05) is 29.9 Å². The second-order valence-corrected chi connectivity index (χ2v) is 7.53. The number of pyridine rings is 1. The molecule has 1 aromatic carbocycles. The van der Waals surface area contributed by atoms with Crippen molar-refractivity contribution < 1.29 is 9.47 Å². The van der Waals surface area contributed by atoms with Gasteiger partial charge in [-0.25, -0.2) is 19.9 Å². The Kier molecular flexibility index (Phi) is 3.41. The van der Waals surface area contributed by atoms with Crippen LogP contribution in [0.25, 0.3) is 22.4 Å². The first-order chi connectivity index (χ1) is 14.3. The van der Waals surface area contributed by atoms with Crippen molar-refractivity contribution in [2.45, 2.75) is 24.8 Å². The predicted octanol–water partition coefficient (Wildman–Crippen LogP) is 3.37. The topological polar surface area (TPSA) is 75.0 Å². The van der Waals surface area contributed by atoms with Crippen LogP contribution >= 0.6 is 0 Å². The van der Waals surface area contributed by atoms with Crippen LogP contribution < -0.4 is 9.47 Å². The van der Waals surface area contributed by atoms with E-state index in [0.29, 0.717) is 12.6 Å². The Hall–Kier alpha value is -3.48. The second kappa shape index (κ2) is 6.01. The molecule has 29 heavy (non-hydrogen) atoms. The summed E-state index contributed by atoms with van der Waals surface area (Å²) >= 11 is 0. The largest absolute Gasteiger partial charge is 0.490 e. The number of hydrogen-bond acceptors (Lipinski definition) is 6. The SMILES string of the molecule is COc1ncc(-c2ccc3nc4n(c3n2)C2(CCC4)COc3ccccc32)cn1. The molecule has 7 heteroatoms. The van der Waals surface area contributed by atoms with Crippen LogP contribution in [-0.4, -0.2) is 38.2 Å². The lowest BCUT2D eigenvalue weighted by atomic mass is 9.83. The number of aromatic nitrogens is 5. The summed E-state index contributed by atoms with van der Waals surface area (Å²) in [5, 5.41) is 0. The van der Waals surface area contributed by atoms with Crippen LogP contribution in [0.3, 0.4) is 0 Å². The zero-order valence-electron chi connectivity index (χ0n) is 16.0. The number of hydrogen-bond donors (Lipinski definition) is 0. The van der Waals surface area contributed by atoms with Crippen LogP contribution in [0.5, 0.6) is 11.8 Å². The van der Waals surface area contributed by atoms with E-state index in [0.717, 1.165) is 53.3 Å². The molecule has 4 aromatic rings. The highest BCUT2D eigenvalue weighted by atomic mass is 16.5. The lowest BCUT2D eigenvalue weighted by Gasteiger charge is -2.35. The van der Waals surface area contributed by atoms with Gasteiger partial charge >= 0.3 is 6.01 Å². The van der Waals surface area contributed by atoms with Gasteiger partial charge in [-0.2, -0.15) is 0 Å². The van der Waals surface area contributed by atoms with E-state index in [1.54, 1.807) is 19.5 Å². The summed E-state index contributed by atoms with van der Waals surface area (Å²) in [5.41, 5.74) is 4.42.